The van der Waals surface area contributed by atoms with E-state index in [9.17, 15) is 4.79 Å². The van der Waals surface area contributed by atoms with E-state index in [2.05, 4.69) is 40.0 Å². The Hall–Kier alpha value is -1.07. The molecule has 1 amide bonds. The van der Waals surface area contributed by atoms with Gasteiger partial charge in [-0.3, -0.25) is 4.79 Å². The molecule has 1 rings (SSSR count). The molecular weight excluding hydrogens is 306 g/mol. The van der Waals surface area contributed by atoms with Crippen LogP contribution in [0.1, 0.15) is 31.1 Å². The number of likely N-dealkylation sites (N-methyl/N-ethyl adjacent to an activating group) is 1. The van der Waals surface area contributed by atoms with Crippen LogP contribution in [-0.2, 0) is 0 Å². The number of hydrogen-bond acceptors (Lipinski definition) is 3. The lowest BCUT2D eigenvalue weighted by atomic mass is 10.1. The Balaban J connectivity index is 2.66. The minimum atomic E-state index is -0.0983. The molecule has 0 heterocycles. The highest BCUT2D eigenvalue weighted by Gasteiger charge is 2.15. The fourth-order valence-electron chi connectivity index (χ4n) is 1.94. The van der Waals surface area contributed by atoms with E-state index in [4.69, 9.17) is 5.73 Å². The standard InChI is InChI=1S/C14H22BrN3O/c1-4-18(5-2)9-10(3)17-14(19)11-7-6-8-12(16)13(11)15/h6-8,10H,4-5,9,16H2,1-3H3,(H,17,19). The van der Waals surface area contributed by atoms with Crippen molar-refractivity contribution in [1.29, 1.82) is 0 Å². The number of anilines is 1. The van der Waals surface area contributed by atoms with Crippen molar-refractivity contribution in [2.24, 2.45) is 0 Å². The highest BCUT2D eigenvalue weighted by Crippen LogP contribution is 2.23. The molecule has 0 aliphatic heterocycles. The SMILES string of the molecule is CCN(CC)CC(C)NC(=O)c1cccc(N)c1Br. The minimum absolute atomic E-state index is 0.0979. The maximum atomic E-state index is 12.2. The summed E-state index contributed by atoms with van der Waals surface area (Å²) in [4.78, 5) is 14.4. The highest BCUT2D eigenvalue weighted by molar-refractivity contribution is 9.10. The molecule has 0 saturated carbocycles. The van der Waals surface area contributed by atoms with E-state index < -0.39 is 0 Å². The molecule has 0 aliphatic rings. The van der Waals surface area contributed by atoms with Gasteiger partial charge in [0.25, 0.3) is 5.91 Å². The van der Waals surface area contributed by atoms with E-state index in [1.165, 1.54) is 0 Å². The molecular formula is C14H22BrN3O. The van der Waals surface area contributed by atoms with Gasteiger partial charge in [0.15, 0.2) is 0 Å². The molecule has 19 heavy (non-hydrogen) atoms. The zero-order valence-electron chi connectivity index (χ0n) is 11.7. The number of halogens is 1. The molecule has 1 aromatic rings. The van der Waals surface area contributed by atoms with E-state index in [0.29, 0.717) is 15.7 Å². The Morgan fingerprint density at radius 2 is 2.05 bits per heavy atom. The van der Waals surface area contributed by atoms with Crippen LogP contribution in [0.25, 0.3) is 0 Å². The van der Waals surface area contributed by atoms with Crippen molar-refractivity contribution in [2.75, 3.05) is 25.4 Å². The number of nitrogens with two attached hydrogens (primary N) is 1. The van der Waals surface area contributed by atoms with Crippen LogP contribution in [0.4, 0.5) is 5.69 Å². The molecule has 5 heteroatoms. The number of nitrogens with zero attached hydrogens (tertiary/aromatic N) is 1. The zero-order valence-corrected chi connectivity index (χ0v) is 13.3. The van der Waals surface area contributed by atoms with Crippen LogP contribution in [0.2, 0.25) is 0 Å². The third-order valence-electron chi connectivity index (χ3n) is 3.08. The number of nitrogen functional groups attached to an aromatic ring is 1. The number of amides is 1. The maximum absolute atomic E-state index is 12.2. The van der Waals surface area contributed by atoms with Crippen LogP contribution in [0.15, 0.2) is 22.7 Å². The predicted molar refractivity (Wildman–Crippen MR) is 83.3 cm³/mol. The first kappa shape index (κ1) is 16.0. The summed E-state index contributed by atoms with van der Waals surface area (Å²) in [6.07, 6.45) is 0. The molecule has 4 nitrogen and oxygen atoms in total. The third-order valence-corrected chi connectivity index (χ3v) is 3.96. The van der Waals surface area contributed by atoms with Crippen molar-refractivity contribution in [3.63, 3.8) is 0 Å². The number of rotatable bonds is 6. The molecule has 0 aromatic heterocycles. The van der Waals surface area contributed by atoms with Crippen LogP contribution in [0, 0.1) is 0 Å². The quantitative estimate of drug-likeness (QED) is 0.789. The summed E-state index contributed by atoms with van der Waals surface area (Å²) in [5.74, 6) is -0.0983. The second-order valence-corrected chi connectivity index (χ2v) is 5.36. The van der Waals surface area contributed by atoms with Gasteiger partial charge >= 0.3 is 0 Å². The summed E-state index contributed by atoms with van der Waals surface area (Å²) in [6, 6.07) is 5.41. The molecule has 106 valence electrons. The van der Waals surface area contributed by atoms with Crippen molar-refractivity contribution in [3.05, 3.63) is 28.2 Å². The van der Waals surface area contributed by atoms with E-state index in [0.717, 1.165) is 19.6 Å². The number of hydrogen-bond donors (Lipinski definition) is 2. The van der Waals surface area contributed by atoms with Crippen LogP contribution in [0.5, 0.6) is 0 Å². The maximum Gasteiger partial charge on any atom is 0.252 e. The molecule has 1 atom stereocenters. The van der Waals surface area contributed by atoms with E-state index >= 15 is 0 Å². The normalized spacial score (nSPS) is 12.5. The van der Waals surface area contributed by atoms with Gasteiger partial charge in [-0.25, -0.2) is 0 Å². The second kappa shape index (κ2) is 7.50. The molecule has 0 radical (unpaired) electrons. The average Bonchev–Trinajstić information content (AvgIpc) is 2.38. The number of benzene rings is 1. The van der Waals surface area contributed by atoms with Crippen molar-refractivity contribution in [2.45, 2.75) is 26.8 Å². The topological polar surface area (TPSA) is 58.4 Å². The molecule has 0 bridgehead atoms. The van der Waals surface area contributed by atoms with Gasteiger partial charge in [0.2, 0.25) is 0 Å². The van der Waals surface area contributed by atoms with Crippen molar-refractivity contribution in [3.8, 4) is 0 Å². The highest BCUT2D eigenvalue weighted by atomic mass is 79.9. The summed E-state index contributed by atoms with van der Waals surface area (Å²) in [7, 11) is 0. The third kappa shape index (κ3) is 4.51. The summed E-state index contributed by atoms with van der Waals surface area (Å²) in [5.41, 5.74) is 6.93. The van der Waals surface area contributed by atoms with Gasteiger partial charge in [-0.15, -0.1) is 0 Å². The van der Waals surface area contributed by atoms with E-state index in [1.807, 2.05) is 6.92 Å². The van der Waals surface area contributed by atoms with Gasteiger partial charge in [0.05, 0.1) is 10.0 Å². The molecule has 1 aromatic carbocycles. The Morgan fingerprint density at radius 3 is 2.63 bits per heavy atom. The first-order chi connectivity index (χ1) is 8.99. The fraction of sp³-hybridized carbons (Fsp3) is 0.500. The van der Waals surface area contributed by atoms with Gasteiger partial charge < -0.3 is 16.0 Å². The number of nitrogens with one attached hydrogen (secondary N) is 1. The fourth-order valence-corrected chi connectivity index (χ4v) is 2.39. The van der Waals surface area contributed by atoms with Gasteiger partial charge in [-0.1, -0.05) is 19.9 Å². The number of carbonyl (C=O) groups excluding carboxylic acids is 1. The van der Waals surface area contributed by atoms with Crippen molar-refractivity contribution < 1.29 is 4.79 Å². The monoisotopic (exact) mass is 327 g/mol. The van der Waals surface area contributed by atoms with E-state index in [-0.39, 0.29) is 11.9 Å². The lowest BCUT2D eigenvalue weighted by molar-refractivity contribution is 0.0929. The van der Waals surface area contributed by atoms with E-state index in [1.54, 1.807) is 18.2 Å². The molecule has 0 saturated heterocycles. The molecule has 0 spiro atoms. The Labute approximate surface area is 123 Å². The second-order valence-electron chi connectivity index (χ2n) is 4.57. The minimum Gasteiger partial charge on any atom is -0.398 e. The first-order valence-corrected chi connectivity index (χ1v) is 7.36. The van der Waals surface area contributed by atoms with Crippen molar-refractivity contribution in [1.82, 2.24) is 10.2 Å². The largest absolute Gasteiger partial charge is 0.398 e. The Bertz CT molecular complexity index is 433. The van der Waals surface area contributed by atoms with Gasteiger partial charge in [-0.05, 0) is 48.1 Å². The molecule has 0 fully saturated rings. The Kier molecular flexibility index (Phi) is 6.31. The summed E-state index contributed by atoms with van der Waals surface area (Å²) in [5, 5.41) is 3.00. The summed E-state index contributed by atoms with van der Waals surface area (Å²) >= 11 is 3.35. The van der Waals surface area contributed by atoms with Crippen LogP contribution < -0.4 is 11.1 Å². The lowest BCUT2D eigenvalue weighted by Gasteiger charge is -2.23. The average molecular weight is 328 g/mol. The lowest BCUT2D eigenvalue weighted by Crippen LogP contribution is -2.42. The molecule has 0 aliphatic carbocycles. The predicted octanol–water partition coefficient (Wildman–Crippen LogP) is 2.49. The van der Waals surface area contributed by atoms with Gasteiger partial charge in [0, 0.05) is 18.3 Å². The van der Waals surface area contributed by atoms with Gasteiger partial charge in [0.1, 0.15) is 0 Å². The molecule has 1 unspecified atom stereocenters. The van der Waals surface area contributed by atoms with Crippen LogP contribution in [-0.4, -0.2) is 36.5 Å². The summed E-state index contributed by atoms with van der Waals surface area (Å²) in [6.45, 7) is 9.06. The van der Waals surface area contributed by atoms with Gasteiger partial charge in [-0.2, -0.15) is 0 Å². The Morgan fingerprint density at radius 1 is 1.42 bits per heavy atom. The number of carbonyl (C=O) groups is 1. The zero-order chi connectivity index (χ0) is 14.4. The van der Waals surface area contributed by atoms with Crippen LogP contribution in [0.3, 0.4) is 0 Å². The summed E-state index contributed by atoms with van der Waals surface area (Å²) < 4.78 is 0.655. The smallest absolute Gasteiger partial charge is 0.252 e. The molecule has 3 N–H and O–H groups in total. The van der Waals surface area contributed by atoms with Crippen LogP contribution >= 0.6 is 15.9 Å². The van der Waals surface area contributed by atoms with Crippen molar-refractivity contribution >= 4 is 27.5 Å². The first-order valence-electron chi connectivity index (χ1n) is 6.56.